The Bertz CT molecular complexity index is 578. The summed E-state index contributed by atoms with van der Waals surface area (Å²) in [6.45, 7) is 1.73. The lowest BCUT2D eigenvalue weighted by atomic mass is 10.1. The van der Waals surface area contributed by atoms with Gasteiger partial charge in [-0.05, 0) is 18.6 Å². The molecule has 3 rings (SSSR count). The van der Waals surface area contributed by atoms with Gasteiger partial charge in [-0.1, -0.05) is 0 Å². The van der Waals surface area contributed by atoms with Crippen LogP contribution in [0.4, 0.5) is 0 Å². The van der Waals surface area contributed by atoms with E-state index < -0.39 is 0 Å². The number of aliphatic hydroxyl groups excluding tert-OH is 1. The molecule has 0 spiro atoms. The van der Waals surface area contributed by atoms with Gasteiger partial charge in [0.05, 0.1) is 12.6 Å². The molecule has 0 bridgehead atoms. The summed E-state index contributed by atoms with van der Waals surface area (Å²) in [4.78, 5) is 21.4. The quantitative estimate of drug-likeness (QED) is 0.785. The number of likely N-dealkylation sites (tertiary alicyclic amines) is 1. The van der Waals surface area contributed by atoms with Crippen molar-refractivity contribution in [1.82, 2.24) is 14.9 Å². The molecule has 3 heterocycles. The van der Waals surface area contributed by atoms with E-state index in [1.165, 1.54) is 0 Å². The first-order chi connectivity index (χ1) is 8.74. The number of pyridine rings is 1. The molecule has 1 aliphatic rings. The van der Waals surface area contributed by atoms with E-state index in [1.807, 2.05) is 17.0 Å². The van der Waals surface area contributed by atoms with E-state index in [1.54, 1.807) is 12.4 Å². The molecule has 5 nitrogen and oxygen atoms in total. The average molecular weight is 245 g/mol. The molecule has 2 N–H and O–H groups in total. The SMILES string of the molecule is O=C(CN1CCC(O)C1)c1c[nH]c2ncccc12. The van der Waals surface area contributed by atoms with Crippen LogP contribution in [0, 0.1) is 0 Å². The fourth-order valence-electron chi connectivity index (χ4n) is 2.43. The van der Waals surface area contributed by atoms with Gasteiger partial charge in [0.25, 0.3) is 0 Å². The van der Waals surface area contributed by atoms with Crippen molar-refractivity contribution in [2.45, 2.75) is 12.5 Å². The third kappa shape index (κ3) is 2.02. The molecule has 5 heteroatoms. The molecule has 1 saturated heterocycles. The van der Waals surface area contributed by atoms with Gasteiger partial charge in [-0.25, -0.2) is 4.98 Å². The number of hydrogen-bond acceptors (Lipinski definition) is 4. The number of nitrogens with one attached hydrogen (secondary N) is 1. The number of aromatic amines is 1. The van der Waals surface area contributed by atoms with Crippen LogP contribution in [0.2, 0.25) is 0 Å². The number of carbonyl (C=O) groups is 1. The number of fused-ring (bicyclic) bond motifs is 1. The van der Waals surface area contributed by atoms with Gasteiger partial charge in [0.2, 0.25) is 0 Å². The minimum absolute atomic E-state index is 0.0725. The van der Waals surface area contributed by atoms with Crippen molar-refractivity contribution < 1.29 is 9.90 Å². The van der Waals surface area contributed by atoms with Crippen LogP contribution < -0.4 is 0 Å². The molecule has 1 atom stereocenters. The van der Waals surface area contributed by atoms with Crippen molar-refractivity contribution >= 4 is 16.8 Å². The van der Waals surface area contributed by atoms with Gasteiger partial charge in [0.1, 0.15) is 5.65 Å². The summed E-state index contributed by atoms with van der Waals surface area (Å²) in [5.74, 6) is 0.0725. The third-order valence-electron chi connectivity index (χ3n) is 3.37. The number of aliphatic hydroxyl groups is 1. The van der Waals surface area contributed by atoms with Crippen molar-refractivity contribution in [3.63, 3.8) is 0 Å². The Hall–Kier alpha value is -1.72. The maximum absolute atomic E-state index is 12.2. The average Bonchev–Trinajstić information content (AvgIpc) is 2.95. The molecular formula is C13H15N3O2. The molecule has 2 aromatic heterocycles. The number of rotatable bonds is 3. The smallest absolute Gasteiger partial charge is 0.179 e. The molecule has 0 amide bonds. The second-order valence-corrected chi connectivity index (χ2v) is 4.70. The maximum Gasteiger partial charge on any atom is 0.179 e. The fourth-order valence-corrected chi connectivity index (χ4v) is 2.43. The topological polar surface area (TPSA) is 69.2 Å². The van der Waals surface area contributed by atoms with Crippen molar-refractivity contribution in [2.75, 3.05) is 19.6 Å². The first-order valence-corrected chi connectivity index (χ1v) is 6.10. The van der Waals surface area contributed by atoms with Gasteiger partial charge in [-0.3, -0.25) is 9.69 Å². The number of nitrogens with zero attached hydrogens (tertiary/aromatic N) is 2. The number of β-amino-alcohol motifs (C(OH)–C–C–N with tert-alkyl or cyclic N) is 1. The van der Waals surface area contributed by atoms with Gasteiger partial charge in [0, 0.05) is 36.4 Å². The van der Waals surface area contributed by atoms with Crippen LogP contribution in [0.5, 0.6) is 0 Å². The highest BCUT2D eigenvalue weighted by atomic mass is 16.3. The monoisotopic (exact) mass is 245 g/mol. The molecule has 94 valence electrons. The summed E-state index contributed by atoms with van der Waals surface area (Å²) in [7, 11) is 0. The number of H-pyrrole nitrogens is 1. The van der Waals surface area contributed by atoms with Gasteiger partial charge >= 0.3 is 0 Å². The van der Waals surface area contributed by atoms with E-state index in [-0.39, 0.29) is 11.9 Å². The van der Waals surface area contributed by atoms with Gasteiger partial charge < -0.3 is 10.1 Å². The second-order valence-electron chi connectivity index (χ2n) is 4.70. The molecular weight excluding hydrogens is 230 g/mol. The maximum atomic E-state index is 12.2. The van der Waals surface area contributed by atoms with Crippen LogP contribution in [-0.4, -0.2) is 51.5 Å². The van der Waals surface area contributed by atoms with Crippen LogP contribution in [0.3, 0.4) is 0 Å². The molecule has 1 unspecified atom stereocenters. The fraction of sp³-hybridized carbons (Fsp3) is 0.385. The number of Topliss-reactive ketones (excluding diaryl/α,β-unsaturated/α-hetero) is 1. The highest BCUT2D eigenvalue weighted by Crippen LogP contribution is 2.17. The summed E-state index contributed by atoms with van der Waals surface area (Å²) >= 11 is 0. The molecule has 0 aromatic carbocycles. The van der Waals surface area contributed by atoms with E-state index in [9.17, 15) is 9.90 Å². The number of aromatic nitrogens is 2. The van der Waals surface area contributed by atoms with E-state index in [4.69, 9.17) is 0 Å². The number of ketones is 1. The van der Waals surface area contributed by atoms with Gasteiger partial charge in [-0.15, -0.1) is 0 Å². The van der Waals surface area contributed by atoms with Crippen LogP contribution >= 0.6 is 0 Å². The highest BCUT2D eigenvalue weighted by molar-refractivity contribution is 6.08. The Morgan fingerprint density at radius 2 is 2.50 bits per heavy atom. The summed E-state index contributed by atoms with van der Waals surface area (Å²) < 4.78 is 0. The van der Waals surface area contributed by atoms with Crippen molar-refractivity contribution in [3.05, 3.63) is 30.1 Å². The molecule has 0 radical (unpaired) electrons. The van der Waals surface area contributed by atoms with E-state index in [0.29, 0.717) is 18.7 Å². The van der Waals surface area contributed by atoms with Crippen LogP contribution in [-0.2, 0) is 0 Å². The lowest BCUT2D eigenvalue weighted by molar-refractivity contribution is 0.0936. The Balaban J connectivity index is 1.80. The number of carbonyl (C=O) groups excluding carboxylic acids is 1. The van der Waals surface area contributed by atoms with Crippen molar-refractivity contribution in [2.24, 2.45) is 0 Å². The highest BCUT2D eigenvalue weighted by Gasteiger charge is 2.23. The predicted molar refractivity (Wildman–Crippen MR) is 67.5 cm³/mol. The molecule has 0 aliphatic carbocycles. The largest absolute Gasteiger partial charge is 0.392 e. The molecule has 1 aliphatic heterocycles. The summed E-state index contributed by atoms with van der Waals surface area (Å²) in [5, 5.41) is 10.3. The van der Waals surface area contributed by atoms with Crippen molar-refractivity contribution in [3.8, 4) is 0 Å². The van der Waals surface area contributed by atoms with Crippen molar-refractivity contribution in [1.29, 1.82) is 0 Å². The Morgan fingerprint density at radius 1 is 1.61 bits per heavy atom. The van der Waals surface area contributed by atoms with E-state index >= 15 is 0 Å². The molecule has 0 saturated carbocycles. The molecule has 2 aromatic rings. The Labute approximate surface area is 104 Å². The minimum atomic E-state index is -0.289. The normalized spacial score (nSPS) is 20.6. The summed E-state index contributed by atoms with van der Waals surface area (Å²) in [6, 6.07) is 3.72. The van der Waals surface area contributed by atoms with Crippen LogP contribution in [0.25, 0.3) is 11.0 Å². The van der Waals surface area contributed by atoms with Gasteiger partial charge in [0.15, 0.2) is 5.78 Å². The van der Waals surface area contributed by atoms with E-state index in [0.717, 1.165) is 24.0 Å². The van der Waals surface area contributed by atoms with Gasteiger partial charge in [-0.2, -0.15) is 0 Å². The zero-order valence-corrected chi connectivity index (χ0v) is 9.97. The first kappa shape index (κ1) is 11.4. The minimum Gasteiger partial charge on any atom is -0.392 e. The van der Waals surface area contributed by atoms with Crippen LogP contribution in [0.15, 0.2) is 24.5 Å². The zero-order valence-electron chi connectivity index (χ0n) is 9.97. The third-order valence-corrected chi connectivity index (χ3v) is 3.37. The zero-order chi connectivity index (χ0) is 12.5. The lowest BCUT2D eigenvalue weighted by Crippen LogP contribution is -2.28. The molecule has 1 fully saturated rings. The Morgan fingerprint density at radius 3 is 3.28 bits per heavy atom. The summed E-state index contributed by atoms with van der Waals surface area (Å²) in [5.41, 5.74) is 1.42. The number of hydrogen-bond donors (Lipinski definition) is 2. The standard InChI is InChI=1S/C13H15N3O2/c17-9-3-5-16(7-9)8-12(18)11-6-15-13-10(11)2-1-4-14-13/h1-2,4,6,9,17H,3,5,7-8H2,(H,14,15). The van der Waals surface area contributed by atoms with E-state index in [2.05, 4.69) is 9.97 Å². The lowest BCUT2D eigenvalue weighted by Gasteiger charge is -2.13. The first-order valence-electron chi connectivity index (χ1n) is 6.10. The Kier molecular flexibility index (Phi) is 2.85. The predicted octanol–water partition coefficient (Wildman–Crippen LogP) is 0.812. The van der Waals surface area contributed by atoms with Crippen LogP contribution in [0.1, 0.15) is 16.8 Å². The summed E-state index contributed by atoms with van der Waals surface area (Å²) in [6.07, 6.45) is 3.88. The molecule has 18 heavy (non-hydrogen) atoms. The second kappa shape index (κ2) is 4.51.